The highest BCUT2D eigenvalue weighted by molar-refractivity contribution is 5.87. The van der Waals surface area contributed by atoms with E-state index in [1.165, 1.54) is 31.2 Å². The van der Waals surface area contributed by atoms with Crippen LogP contribution in [0.4, 0.5) is 4.79 Å². The molecule has 78 valence electrons. The number of methoxy groups -OCH3 is 1. The molecule has 0 atom stereocenters. The van der Waals surface area contributed by atoms with E-state index in [2.05, 4.69) is 4.74 Å². The first-order valence-corrected chi connectivity index (χ1v) is 4.26. The van der Waals surface area contributed by atoms with Gasteiger partial charge in [-0.1, -0.05) is 12.2 Å². The fourth-order valence-corrected chi connectivity index (χ4v) is 0.727. The molecule has 0 heterocycles. The van der Waals surface area contributed by atoms with Crippen molar-refractivity contribution in [2.45, 2.75) is 13.8 Å². The van der Waals surface area contributed by atoms with Crippen molar-refractivity contribution in [2.24, 2.45) is 0 Å². The first-order valence-electron chi connectivity index (χ1n) is 4.26. The van der Waals surface area contributed by atoms with Gasteiger partial charge in [0, 0.05) is 12.7 Å². The third kappa shape index (κ3) is 5.13. The second kappa shape index (κ2) is 6.88. The minimum absolute atomic E-state index is 0.112. The second-order valence-electron chi connectivity index (χ2n) is 2.62. The molecule has 0 radical (unpaired) electrons. The largest absolute Gasteiger partial charge is 0.452 e. The highest BCUT2D eigenvalue weighted by Gasteiger charge is 2.07. The zero-order valence-electron chi connectivity index (χ0n) is 8.69. The molecule has 1 amide bonds. The summed E-state index contributed by atoms with van der Waals surface area (Å²) in [6, 6.07) is 0. The van der Waals surface area contributed by atoms with Crippen LogP contribution in [0, 0.1) is 0 Å². The quantitative estimate of drug-likeness (QED) is 0.509. The van der Waals surface area contributed by atoms with Crippen molar-refractivity contribution >= 4 is 11.9 Å². The SMILES string of the molecule is C/C=C/CN(/C=C/C(C)=O)C(=O)OC. The fourth-order valence-electron chi connectivity index (χ4n) is 0.727. The van der Waals surface area contributed by atoms with Crippen LogP contribution in [0.3, 0.4) is 0 Å². The maximum Gasteiger partial charge on any atom is 0.413 e. The van der Waals surface area contributed by atoms with E-state index >= 15 is 0 Å². The lowest BCUT2D eigenvalue weighted by atomic mass is 10.4. The van der Waals surface area contributed by atoms with Gasteiger partial charge in [0.1, 0.15) is 0 Å². The molecule has 0 fully saturated rings. The van der Waals surface area contributed by atoms with Crippen molar-refractivity contribution < 1.29 is 14.3 Å². The molecule has 0 bridgehead atoms. The Bertz CT molecular complexity index is 256. The molecule has 0 aromatic rings. The zero-order valence-corrected chi connectivity index (χ0v) is 8.69. The fraction of sp³-hybridized carbons (Fsp3) is 0.400. The Hall–Kier alpha value is -1.58. The lowest BCUT2D eigenvalue weighted by Gasteiger charge is -2.13. The van der Waals surface area contributed by atoms with Crippen LogP contribution < -0.4 is 0 Å². The average molecular weight is 197 g/mol. The van der Waals surface area contributed by atoms with Gasteiger partial charge in [-0.2, -0.15) is 0 Å². The highest BCUT2D eigenvalue weighted by Crippen LogP contribution is 1.95. The Kier molecular flexibility index (Phi) is 6.11. The number of hydrogen-bond acceptors (Lipinski definition) is 3. The summed E-state index contributed by atoms with van der Waals surface area (Å²) in [4.78, 5) is 23.1. The summed E-state index contributed by atoms with van der Waals surface area (Å²) < 4.78 is 4.53. The van der Waals surface area contributed by atoms with Crippen molar-refractivity contribution in [3.05, 3.63) is 24.4 Å². The maximum atomic E-state index is 11.1. The third-order valence-electron chi connectivity index (χ3n) is 1.44. The second-order valence-corrected chi connectivity index (χ2v) is 2.62. The molecule has 0 rings (SSSR count). The van der Waals surface area contributed by atoms with Crippen molar-refractivity contribution in [2.75, 3.05) is 13.7 Å². The number of nitrogens with zero attached hydrogens (tertiary/aromatic N) is 1. The van der Waals surface area contributed by atoms with E-state index in [-0.39, 0.29) is 5.78 Å². The van der Waals surface area contributed by atoms with Gasteiger partial charge in [-0.15, -0.1) is 0 Å². The molecule has 0 saturated heterocycles. The Morgan fingerprint density at radius 1 is 1.43 bits per heavy atom. The molecular weight excluding hydrogens is 182 g/mol. The van der Waals surface area contributed by atoms with Gasteiger partial charge >= 0.3 is 6.09 Å². The molecular formula is C10H15NO3. The van der Waals surface area contributed by atoms with Gasteiger partial charge in [0.2, 0.25) is 0 Å². The van der Waals surface area contributed by atoms with E-state index in [4.69, 9.17) is 0 Å². The topological polar surface area (TPSA) is 46.6 Å². The predicted octanol–water partition coefficient (Wildman–Crippen LogP) is 1.73. The first kappa shape index (κ1) is 12.4. The van der Waals surface area contributed by atoms with Crippen LogP contribution >= 0.6 is 0 Å². The van der Waals surface area contributed by atoms with Crippen LogP contribution in [-0.2, 0) is 9.53 Å². The molecule has 0 aliphatic rings. The van der Waals surface area contributed by atoms with Crippen LogP contribution in [0.25, 0.3) is 0 Å². The normalized spacial score (nSPS) is 10.8. The predicted molar refractivity (Wildman–Crippen MR) is 53.7 cm³/mol. The van der Waals surface area contributed by atoms with E-state index in [0.717, 1.165) is 0 Å². The Balaban J connectivity index is 4.39. The summed E-state index contributed by atoms with van der Waals surface area (Å²) in [5.41, 5.74) is 0. The van der Waals surface area contributed by atoms with Crippen LogP contribution in [0.15, 0.2) is 24.4 Å². The molecule has 0 unspecified atom stereocenters. The van der Waals surface area contributed by atoms with Crippen LogP contribution in [0.5, 0.6) is 0 Å². The van der Waals surface area contributed by atoms with Gasteiger partial charge < -0.3 is 4.74 Å². The summed E-state index contributed by atoms with van der Waals surface area (Å²) >= 11 is 0. The molecule has 0 spiro atoms. The number of ether oxygens (including phenoxy) is 1. The summed E-state index contributed by atoms with van der Waals surface area (Å²) in [6.45, 7) is 3.67. The minimum Gasteiger partial charge on any atom is -0.452 e. The first-order chi connectivity index (χ1) is 6.61. The average Bonchev–Trinajstić information content (AvgIpc) is 2.16. The number of carbonyl (C=O) groups is 2. The van der Waals surface area contributed by atoms with Crippen molar-refractivity contribution in [3.63, 3.8) is 0 Å². The molecule has 0 aliphatic carbocycles. The van der Waals surface area contributed by atoms with Gasteiger partial charge in [0.25, 0.3) is 0 Å². The van der Waals surface area contributed by atoms with Gasteiger partial charge in [0.15, 0.2) is 5.78 Å². The minimum atomic E-state index is -0.486. The highest BCUT2D eigenvalue weighted by atomic mass is 16.5. The number of ketones is 1. The molecule has 0 aromatic carbocycles. The monoisotopic (exact) mass is 197 g/mol. The van der Waals surface area contributed by atoms with Crippen molar-refractivity contribution in [1.29, 1.82) is 0 Å². The molecule has 14 heavy (non-hydrogen) atoms. The van der Waals surface area contributed by atoms with Gasteiger partial charge in [-0.05, 0) is 19.9 Å². The van der Waals surface area contributed by atoms with E-state index in [0.29, 0.717) is 6.54 Å². The van der Waals surface area contributed by atoms with Crippen LogP contribution in [0.2, 0.25) is 0 Å². The standard InChI is InChI=1S/C10H15NO3/c1-4-5-7-11(10(13)14-3)8-6-9(2)12/h4-6,8H,7H2,1-3H3/b5-4+,8-6+. The van der Waals surface area contributed by atoms with Crippen LogP contribution in [-0.4, -0.2) is 30.4 Å². The number of hydrogen-bond donors (Lipinski definition) is 0. The molecule has 4 heteroatoms. The van der Waals surface area contributed by atoms with Gasteiger partial charge in [0.05, 0.1) is 7.11 Å². The summed E-state index contributed by atoms with van der Waals surface area (Å²) in [7, 11) is 1.30. The summed E-state index contributed by atoms with van der Waals surface area (Å²) in [5.74, 6) is -0.112. The third-order valence-corrected chi connectivity index (χ3v) is 1.44. The Morgan fingerprint density at radius 3 is 2.50 bits per heavy atom. The molecule has 0 saturated carbocycles. The van der Waals surface area contributed by atoms with Crippen molar-refractivity contribution in [3.8, 4) is 0 Å². The lowest BCUT2D eigenvalue weighted by molar-refractivity contribution is -0.112. The molecule has 4 nitrogen and oxygen atoms in total. The Labute approximate surface area is 83.8 Å². The molecule has 0 aromatic heterocycles. The van der Waals surface area contributed by atoms with E-state index in [9.17, 15) is 9.59 Å². The molecule has 0 aliphatic heterocycles. The van der Waals surface area contributed by atoms with Gasteiger partial charge in [-0.25, -0.2) is 4.79 Å². The van der Waals surface area contributed by atoms with Gasteiger partial charge in [-0.3, -0.25) is 9.69 Å². The Morgan fingerprint density at radius 2 is 2.07 bits per heavy atom. The number of amides is 1. The van der Waals surface area contributed by atoms with Crippen LogP contribution in [0.1, 0.15) is 13.8 Å². The summed E-state index contributed by atoms with van der Waals surface area (Å²) in [6.07, 6.45) is 5.86. The van der Waals surface area contributed by atoms with E-state index in [1.54, 1.807) is 6.08 Å². The maximum absolute atomic E-state index is 11.1. The van der Waals surface area contributed by atoms with E-state index < -0.39 is 6.09 Å². The smallest absolute Gasteiger partial charge is 0.413 e. The molecule has 0 N–H and O–H groups in total. The van der Waals surface area contributed by atoms with E-state index in [1.807, 2.05) is 13.0 Å². The zero-order chi connectivity index (χ0) is 11.0. The number of allylic oxidation sites excluding steroid dienone is 2. The number of rotatable bonds is 4. The summed E-state index contributed by atoms with van der Waals surface area (Å²) in [5, 5.41) is 0. The number of carbonyl (C=O) groups excluding carboxylic acids is 2. The lowest BCUT2D eigenvalue weighted by Crippen LogP contribution is -2.25. The van der Waals surface area contributed by atoms with Crippen molar-refractivity contribution in [1.82, 2.24) is 4.90 Å².